The third-order valence-electron chi connectivity index (χ3n) is 1.45. The fourth-order valence-corrected chi connectivity index (χ4v) is 1.47. The van der Waals surface area contributed by atoms with E-state index in [4.69, 9.17) is 5.73 Å². The summed E-state index contributed by atoms with van der Waals surface area (Å²) in [5.41, 5.74) is 7.39. The maximum absolute atomic E-state index is 10.8. The van der Waals surface area contributed by atoms with E-state index >= 15 is 0 Å². The van der Waals surface area contributed by atoms with Gasteiger partial charge in [-0.2, -0.15) is 0 Å². The number of sulfonamides is 1. The second-order valence-electron chi connectivity index (χ2n) is 2.78. The summed E-state index contributed by atoms with van der Waals surface area (Å²) in [5, 5.41) is 0. The van der Waals surface area contributed by atoms with Gasteiger partial charge in [-0.15, -0.1) is 0 Å². The smallest absolute Gasteiger partial charge is 0.269 e. The van der Waals surface area contributed by atoms with Gasteiger partial charge in [-0.25, -0.2) is 8.42 Å². The lowest BCUT2D eigenvalue weighted by molar-refractivity contribution is 0.0992. The highest BCUT2D eigenvalue weighted by Gasteiger charge is 2.03. The monoisotopic (exact) mass is 213 g/mol. The lowest BCUT2D eigenvalue weighted by Gasteiger charge is -2.03. The molecule has 1 aromatic rings. The topological polar surface area (TPSA) is 87.0 Å². The highest BCUT2D eigenvalue weighted by Crippen LogP contribution is 2.10. The van der Waals surface area contributed by atoms with Crippen LogP contribution in [0.5, 0.6) is 0 Å². The summed E-state index contributed by atoms with van der Waals surface area (Å²) in [6, 6.07) is 5.65. The van der Waals surface area contributed by atoms with Crippen molar-refractivity contribution in [3.63, 3.8) is 0 Å². The molecule has 0 bridgehead atoms. The van der Waals surface area contributed by atoms with Crippen LogP contribution in [-0.2, 0) is 10.0 Å². The number of nitrogens with one attached hydrogen (secondary N) is 2. The predicted octanol–water partition coefficient (Wildman–Crippen LogP) is 0.481. The Bertz CT molecular complexity index is 436. The van der Waals surface area contributed by atoms with Crippen LogP contribution in [0.2, 0.25) is 0 Å². The van der Waals surface area contributed by atoms with Gasteiger partial charge in [0.25, 0.3) is 5.91 Å². The van der Waals surface area contributed by atoms with E-state index in [2.05, 4.69) is 4.72 Å². The van der Waals surface area contributed by atoms with Crippen LogP contribution in [-0.4, -0.2) is 20.6 Å². The number of hydrogen-bond donors (Lipinski definition) is 1. The summed E-state index contributed by atoms with van der Waals surface area (Å²) >= 11 is 0. The first-order chi connectivity index (χ1) is 6.38. The summed E-state index contributed by atoms with van der Waals surface area (Å²) in [5.74, 6) is -0.795. The minimum atomic E-state index is -3.29. The van der Waals surface area contributed by atoms with Gasteiger partial charge in [0.15, 0.2) is 0 Å². The number of benzene rings is 1. The van der Waals surface area contributed by atoms with Crippen molar-refractivity contribution in [2.45, 2.75) is 0 Å². The number of carbonyl (C=O) groups is 1. The number of hydrogen-bond acceptors (Lipinski definition) is 3. The van der Waals surface area contributed by atoms with Crippen LogP contribution in [0, 0.1) is 0 Å². The van der Waals surface area contributed by atoms with Crippen LogP contribution in [0.1, 0.15) is 10.4 Å². The second-order valence-corrected chi connectivity index (χ2v) is 4.53. The van der Waals surface area contributed by atoms with Crippen molar-refractivity contribution in [2.75, 3.05) is 11.0 Å². The van der Waals surface area contributed by atoms with Crippen molar-refractivity contribution in [1.82, 2.24) is 5.73 Å². The van der Waals surface area contributed by atoms with Crippen molar-refractivity contribution in [3.8, 4) is 0 Å². The van der Waals surface area contributed by atoms with Gasteiger partial charge in [-0.05, 0) is 24.3 Å². The Balaban J connectivity index is 2.90. The van der Waals surface area contributed by atoms with Crippen molar-refractivity contribution in [3.05, 3.63) is 29.8 Å². The molecule has 2 N–H and O–H groups in total. The fourth-order valence-electron chi connectivity index (χ4n) is 0.904. The Hall–Kier alpha value is -1.56. The molecular formula is C8H9N2O3S. The maximum Gasteiger partial charge on any atom is 0.269 e. The predicted molar refractivity (Wildman–Crippen MR) is 52.3 cm³/mol. The first-order valence-electron chi connectivity index (χ1n) is 3.72. The van der Waals surface area contributed by atoms with Crippen LogP contribution in [0.4, 0.5) is 5.69 Å². The van der Waals surface area contributed by atoms with E-state index in [-0.39, 0.29) is 5.56 Å². The number of amides is 1. The van der Waals surface area contributed by atoms with Gasteiger partial charge in [0.1, 0.15) is 0 Å². The van der Waals surface area contributed by atoms with E-state index in [0.717, 1.165) is 6.26 Å². The molecule has 1 radical (unpaired) electrons. The van der Waals surface area contributed by atoms with Crippen molar-refractivity contribution < 1.29 is 13.2 Å². The molecule has 0 aliphatic rings. The average Bonchev–Trinajstić information content (AvgIpc) is 2.02. The second kappa shape index (κ2) is 3.67. The highest BCUT2D eigenvalue weighted by atomic mass is 32.2. The van der Waals surface area contributed by atoms with E-state index in [1.807, 2.05) is 0 Å². The molecule has 0 atom stereocenters. The van der Waals surface area contributed by atoms with E-state index in [0.29, 0.717) is 5.69 Å². The molecule has 75 valence electrons. The quantitative estimate of drug-likeness (QED) is 0.792. The van der Waals surface area contributed by atoms with Gasteiger partial charge < -0.3 is 0 Å². The van der Waals surface area contributed by atoms with Gasteiger partial charge in [0.2, 0.25) is 10.0 Å². The summed E-state index contributed by atoms with van der Waals surface area (Å²) in [7, 11) is -3.29. The molecule has 1 aromatic carbocycles. The van der Waals surface area contributed by atoms with Crippen molar-refractivity contribution >= 4 is 21.6 Å². The summed E-state index contributed by atoms with van der Waals surface area (Å²) in [6.45, 7) is 0. The first-order valence-corrected chi connectivity index (χ1v) is 5.61. The zero-order chi connectivity index (χ0) is 10.8. The zero-order valence-electron chi connectivity index (χ0n) is 7.44. The Kier molecular flexibility index (Phi) is 2.76. The minimum absolute atomic E-state index is 0.226. The largest absolute Gasteiger partial charge is 0.284 e. The van der Waals surface area contributed by atoms with Crippen molar-refractivity contribution in [1.29, 1.82) is 0 Å². The van der Waals surface area contributed by atoms with Gasteiger partial charge >= 0.3 is 0 Å². The molecule has 5 nitrogen and oxygen atoms in total. The van der Waals surface area contributed by atoms with Crippen LogP contribution < -0.4 is 10.5 Å². The van der Waals surface area contributed by atoms with E-state index in [1.54, 1.807) is 0 Å². The van der Waals surface area contributed by atoms with Crippen molar-refractivity contribution in [2.24, 2.45) is 0 Å². The molecule has 0 saturated heterocycles. The Morgan fingerprint density at radius 1 is 1.29 bits per heavy atom. The standard InChI is InChI=1S/C8H9N2O3S/c1-14(12,13)10-7-4-2-6(3-5-7)8(9)11/h2-5,9-10H,1H3. The molecule has 14 heavy (non-hydrogen) atoms. The lowest BCUT2D eigenvalue weighted by atomic mass is 10.2. The molecule has 0 spiro atoms. The van der Waals surface area contributed by atoms with Crippen LogP contribution in [0.3, 0.4) is 0 Å². The minimum Gasteiger partial charge on any atom is -0.284 e. The molecule has 0 saturated carbocycles. The normalized spacial score (nSPS) is 10.9. The van der Waals surface area contributed by atoms with Gasteiger partial charge in [-0.3, -0.25) is 15.3 Å². The van der Waals surface area contributed by atoms with Crippen LogP contribution in [0.25, 0.3) is 0 Å². The number of carbonyl (C=O) groups excluding carboxylic acids is 1. The Morgan fingerprint density at radius 3 is 2.14 bits per heavy atom. The highest BCUT2D eigenvalue weighted by molar-refractivity contribution is 7.92. The Morgan fingerprint density at radius 2 is 1.79 bits per heavy atom. The Labute approximate surface area is 82.0 Å². The van der Waals surface area contributed by atoms with Gasteiger partial charge in [-0.1, -0.05) is 0 Å². The van der Waals surface area contributed by atoms with E-state index in [1.165, 1.54) is 24.3 Å². The molecule has 6 heteroatoms. The molecule has 0 fully saturated rings. The number of rotatable bonds is 3. The van der Waals surface area contributed by atoms with Crippen LogP contribution in [0.15, 0.2) is 24.3 Å². The molecule has 0 heterocycles. The van der Waals surface area contributed by atoms with Gasteiger partial charge in [0, 0.05) is 11.3 Å². The van der Waals surface area contributed by atoms with E-state index in [9.17, 15) is 13.2 Å². The third-order valence-corrected chi connectivity index (χ3v) is 2.06. The van der Waals surface area contributed by atoms with E-state index < -0.39 is 15.9 Å². The maximum atomic E-state index is 10.8. The molecule has 0 unspecified atom stereocenters. The summed E-state index contributed by atoms with van der Waals surface area (Å²) < 4.78 is 23.9. The third kappa shape index (κ3) is 3.06. The molecule has 0 aliphatic carbocycles. The molecule has 1 amide bonds. The SMILES string of the molecule is CS(=O)(=O)Nc1ccc(C([NH])=O)cc1. The lowest BCUT2D eigenvalue weighted by Crippen LogP contribution is -2.09. The molecule has 0 aromatic heterocycles. The summed E-state index contributed by atoms with van der Waals surface area (Å²) in [6.07, 6.45) is 1.04. The van der Waals surface area contributed by atoms with Crippen LogP contribution >= 0.6 is 0 Å². The molecule has 1 rings (SSSR count). The number of anilines is 1. The van der Waals surface area contributed by atoms with Gasteiger partial charge in [0.05, 0.1) is 6.26 Å². The zero-order valence-corrected chi connectivity index (χ0v) is 8.26. The molecular weight excluding hydrogens is 204 g/mol. The summed E-state index contributed by atoms with van der Waals surface area (Å²) in [4.78, 5) is 10.6. The average molecular weight is 213 g/mol. The first kappa shape index (κ1) is 10.5. The molecule has 0 aliphatic heterocycles. The fraction of sp³-hybridized carbons (Fsp3) is 0.125.